The van der Waals surface area contributed by atoms with E-state index in [-0.39, 0.29) is 0 Å². The summed E-state index contributed by atoms with van der Waals surface area (Å²) >= 11 is 1.43. The maximum atomic E-state index is 11.7. The Bertz CT molecular complexity index is 612. The second kappa shape index (κ2) is 6.52. The standard InChI is InChI=1S/C15H16N2O2S/c1-4-19-14(18)13-9-11(3)16-15(17-13)20-12-7-5-10(2)6-8-12/h5-9H,4H2,1-3H3. The van der Waals surface area contributed by atoms with Gasteiger partial charge < -0.3 is 4.74 Å². The predicted molar refractivity (Wildman–Crippen MR) is 78.0 cm³/mol. The number of aryl methyl sites for hydroxylation is 2. The molecule has 0 aliphatic heterocycles. The molecular formula is C15H16N2O2S. The van der Waals surface area contributed by atoms with E-state index in [0.717, 1.165) is 10.6 Å². The fourth-order valence-corrected chi connectivity index (χ4v) is 2.42. The molecule has 0 aliphatic carbocycles. The molecule has 0 spiro atoms. The van der Waals surface area contributed by atoms with Gasteiger partial charge in [0.25, 0.3) is 0 Å². The van der Waals surface area contributed by atoms with E-state index < -0.39 is 5.97 Å². The molecule has 20 heavy (non-hydrogen) atoms. The summed E-state index contributed by atoms with van der Waals surface area (Å²) in [6.07, 6.45) is 0. The van der Waals surface area contributed by atoms with E-state index in [0.29, 0.717) is 17.5 Å². The highest BCUT2D eigenvalue weighted by Gasteiger charge is 2.12. The molecule has 0 N–H and O–H groups in total. The predicted octanol–water partition coefficient (Wildman–Crippen LogP) is 3.42. The van der Waals surface area contributed by atoms with Crippen molar-refractivity contribution >= 4 is 17.7 Å². The van der Waals surface area contributed by atoms with Crippen LogP contribution in [0.1, 0.15) is 28.7 Å². The van der Waals surface area contributed by atoms with Crippen molar-refractivity contribution in [3.8, 4) is 0 Å². The van der Waals surface area contributed by atoms with Gasteiger partial charge in [-0.25, -0.2) is 14.8 Å². The van der Waals surface area contributed by atoms with E-state index in [1.165, 1.54) is 17.3 Å². The summed E-state index contributed by atoms with van der Waals surface area (Å²) in [6.45, 7) is 5.98. The van der Waals surface area contributed by atoms with Crippen LogP contribution in [-0.2, 0) is 4.74 Å². The van der Waals surface area contributed by atoms with Crippen LogP contribution in [0.25, 0.3) is 0 Å². The van der Waals surface area contributed by atoms with E-state index in [2.05, 4.69) is 9.97 Å². The van der Waals surface area contributed by atoms with Crippen molar-refractivity contribution in [2.75, 3.05) is 6.61 Å². The number of carbonyl (C=O) groups excluding carboxylic acids is 1. The van der Waals surface area contributed by atoms with Gasteiger partial charge in [-0.15, -0.1) is 0 Å². The summed E-state index contributed by atoms with van der Waals surface area (Å²) < 4.78 is 4.97. The van der Waals surface area contributed by atoms with Crippen LogP contribution in [0, 0.1) is 13.8 Å². The number of nitrogens with zero attached hydrogens (tertiary/aromatic N) is 2. The number of hydrogen-bond acceptors (Lipinski definition) is 5. The van der Waals surface area contributed by atoms with Gasteiger partial charge in [-0.3, -0.25) is 0 Å². The van der Waals surface area contributed by atoms with Crippen molar-refractivity contribution in [2.24, 2.45) is 0 Å². The summed E-state index contributed by atoms with van der Waals surface area (Å²) in [5, 5.41) is 0.553. The molecule has 0 atom stereocenters. The van der Waals surface area contributed by atoms with Crippen LogP contribution in [0.2, 0.25) is 0 Å². The number of aromatic nitrogens is 2. The molecule has 2 aromatic rings. The van der Waals surface area contributed by atoms with E-state index in [9.17, 15) is 4.79 Å². The fraction of sp³-hybridized carbons (Fsp3) is 0.267. The van der Waals surface area contributed by atoms with Crippen LogP contribution in [0.5, 0.6) is 0 Å². The summed E-state index contributed by atoms with van der Waals surface area (Å²) in [6, 6.07) is 9.72. The molecule has 1 aromatic heterocycles. The number of hydrogen-bond donors (Lipinski definition) is 0. The van der Waals surface area contributed by atoms with Gasteiger partial charge in [-0.1, -0.05) is 17.7 Å². The molecule has 1 heterocycles. The van der Waals surface area contributed by atoms with E-state index in [1.807, 2.05) is 38.1 Å². The van der Waals surface area contributed by atoms with Crippen molar-refractivity contribution < 1.29 is 9.53 Å². The minimum atomic E-state index is -0.413. The second-order valence-electron chi connectivity index (χ2n) is 4.31. The highest BCUT2D eigenvalue weighted by atomic mass is 32.2. The molecule has 2 rings (SSSR count). The highest BCUT2D eigenvalue weighted by Crippen LogP contribution is 2.25. The molecule has 104 valence electrons. The average Bonchev–Trinajstić information content (AvgIpc) is 2.41. The highest BCUT2D eigenvalue weighted by molar-refractivity contribution is 7.99. The van der Waals surface area contributed by atoms with Gasteiger partial charge in [0.05, 0.1) is 6.61 Å². The minimum absolute atomic E-state index is 0.300. The van der Waals surface area contributed by atoms with Crippen LogP contribution in [0.15, 0.2) is 40.4 Å². The molecule has 4 nitrogen and oxygen atoms in total. The zero-order chi connectivity index (χ0) is 14.5. The molecular weight excluding hydrogens is 272 g/mol. The SMILES string of the molecule is CCOC(=O)c1cc(C)nc(Sc2ccc(C)cc2)n1. The summed E-state index contributed by atoms with van der Waals surface area (Å²) in [7, 11) is 0. The second-order valence-corrected chi connectivity index (χ2v) is 5.35. The molecule has 0 amide bonds. The Morgan fingerprint density at radius 2 is 1.90 bits per heavy atom. The van der Waals surface area contributed by atoms with Crippen LogP contribution < -0.4 is 0 Å². The van der Waals surface area contributed by atoms with Crippen molar-refractivity contribution in [1.29, 1.82) is 0 Å². The Morgan fingerprint density at radius 1 is 1.20 bits per heavy atom. The Balaban J connectivity index is 2.23. The first-order valence-corrected chi connectivity index (χ1v) is 7.17. The van der Waals surface area contributed by atoms with Crippen molar-refractivity contribution in [3.05, 3.63) is 47.3 Å². The Kier molecular flexibility index (Phi) is 4.74. The van der Waals surface area contributed by atoms with Gasteiger partial charge in [0, 0.05) is 10.6 Å². The van der Waals surface area contributed by atoms with E-state index in [4.69, 9.17) is 4.74 Å². The van der Waals surface area contributed by atoms with Gasteiger partial charge in [-0.05, 0) is 50.7 Å². The van der Waals surface area contributed by atoms with Gasteiger partial charge in [0.15, 0.2) is 10.9 Å². The first-order valence-electron chi connectivity index (χ1n) is 6.36. The van der Waals surface area contributed by atoms with Crippen LogP contribution >= 0.6 is 11.8 Å². The quantitative estimate of drug-likeness (QED) is 0.637. The third-order valence-electron chi connectivity index (χ3n) is 2.55. The lowest BCUT2D eigenvalue weighted by molar-refractivity contribution is 0.0518. The Morgan fingerprint density at radius 3 is 2.55 bits per heavy atom. The lowest BCUT2D eigenvalue weighted by Crippen LogP contribution is -2.09. The minimum Gasteiger partial charge on any atom is -0.461 e. The Labute approximate surface area is 122 Å². The molecule has 0 radical (unpaired) electrons. The van der Waals surface area contributed by atoms with E-state index in [1.54, 1.807) is 13.0 Å². The van der Waals surface area contributed by atoms with Crippen LogP contribution in [0.3, 0.4) is 0 Å². The van der Waals surface area contributed by atoms with Crippen LogP contribution in [-0.4, -0.2) is 22.5 Å². The largest absolute Gasteiger partial charge is 0.461 e. The van der Waals surface area contributed by atoms with Gasteiger partial charge in [0.1, 0.15) is 0 Å². The number of carbonyl (C=O) groups is 1. The fourth-order valence-electron chi connectivity index (χ4n) is 1.61. The van der Waals surface area contributed by atoms with Gasteiger partial charge >= 0.3 is 5.97 Å². The smallest absolute Gasteiger partial charge is 0.357 e. The first kappa shape index (κ1) is 14.5. The maximum Gasteiger partial charge on any atom is 0.357 e. The topological polar surface area (TPSA) is 52.1 Å². The van der Waals surface area contributed by atoms with Gasteiger partial charge in [-0.2, -0.15) is 0 Å². The number of esters is 1. The molecule has 0 fully saturated rings. The molecule has 5 heteroatoms. The lowest BCUT2D eigenvalue weighted by Gasteiger charge is -2.05. The number of ether oxygens (including phenoxy) is 1. The zero-order valence-corrected chi connectivity index (χ0v) is 12.5. The number of rotatable bonds is 4. The van der Waals surface area contributed by atoms with E-state index >= 15 is 0 Å². The zero-order valence-electron chi connectivity index (χ0n) is 11.7. The summed E-state index contributed by atoms with van der Waals surface area (Å²) in [5.74, 6) is -0.413. The molecule has 0 bridgehead atoms. The van der Waals surface area contributed by atoms with Crippen molar-refractivity contribution in [2.45, 2.75) is 30.8 Å². The molecule has 1 aromatic carbocycles. The van der Waals surface area contributed by atoms with Crippen molar-refractivity contribution in [3.63, 3.8) is 0 Å². The third kappa shape index (κ3) is 3.81. The van der Waals surface area contributed by atoms with Crippen molar-refractivity contribution in [1.82, 2.24) is 9.97 Å². The Hall–Kier alpha value is -1.88. The monoisotopic (exact) mass is 288 g/mol. The van der Waals surface area contributed by atoms with Gasteiger partial charge in [0.2, 0.25) is 0 Å². The summed E-state index contributed by atoms with van der Waals surface area (Å²) in [5.41, 5.74) is 2.25. The maximum absolute atomic E-state index is 11.7. The lowest BCUT2D eigenvalue weighted by atomic mass is 10.2. The first-order chi connectivity index (χ1) is 9.58. The summed E-state index contributed by atoms with van der Waals surface area (Å²) in [4.78, 5) is 21.3. The average molecular weight is 288 g/mol. The van der Waals surface area contributed by atoms with Crippen LogP contribution in [0.4, 0.5) is 0 Å². The molecule has 0 aliphatic rings. The molecule has 0 unspecified atom stereocenters. The molecule has 0 saturated carbocycles. The molecule has 0 saturated heterocycles. The third-order valence-corrected chi connectivity index (χ3v) is 3.42. The normalized spacial score (nSPS) is 10.3. The number of benzene rings is 1.